The summed E-state index contributed by atoms with van der Waals surface area (Å²) in [6, 6.07) is 21.4. The molecule has 0 atom stereocenters. The molecule has 242 valence electrons. The lowest BCUT2D eigenvalue weighted by Gasteiger charge is -2.10. The van der Waals surface area contributed by atoms with Crippen molar-refractivity contribution < 1.29 is 47.6 Å². The van der Waals surface area contributed by atoms with E-state index in [0.717, 1.165) is 42.6 Å². The highest BCUT2D eigenvalue weighted by Gasteiger charge is 2.14. The molecule has 0 saturated heterocycles. The number of esters is 4. The lowest BCUT2D eigenvalue weighted by molar-refractivity contribution is -0.144. The van der Waals surface area contributed by atoms with Gasteiger partial charge in [-0.3, -0.25) is 4.79 Å². The summed E-state index contributed by atoms with van der Waals surface area (Å²) in [5.74, 6) is -0.526. The van der Waals surface area contributed by atoms with Gasteiger partial charge in [0.05, 0.1) is 32.3 Å². The van der Waals surface area contributed by atoms with Crippen LogP contribution in [0, 0.1) is 0 Å². The lowest BCUT2D eigenvalue weighted by atomic mass is 10.1. The molecular weight excluding hydrogens is 592 g/mol. The van der Waals surface area contributed by atoms with Crippen LogP contribution in [-0.2, 0) is 28.6 Å². The molecule has 0 N–H and O–H groups in total. The molecule has 0 saturated carbocycles. The molecule has 0 aliphatic heterocycles. The number of hydrogen-bond acceptors (Lipinski definition) is 10. The molecule has 10 heteroatoms. The van der Waals surface area contributed by atoms with Gasteiger partial charge in [0.1, 0.15) is 30.5 Å². The zero-order valence-electron chi connectivity index (χ0n) is 25.9. The summed E-state index contributed by atoms with van der Waals surface area (Å²) in [4.78, 5) is 46.7. The molecule has 0 fully saturated rings. The number of rotatable bonds is 19. The van der Waals surface area contributed by atoms with Crippen molar-refractivity contribution in [2.24, 2.45) is 0 Å². The fraction of sp³-hybridized carbons (Fsp3) is 0.278. The average molecular weight is 631 g/mol. The minimum Gasteiger partial charge on any atom is -0.494 e. The molecule has 3 aromatic carbocycles. The molecule has 3 rings (SSSR count). The second-order valence-electron chi connectivity index (χ2n) is 9.94. The second-order valence-corrected chi connectivity index (χ2v) is 9.94. The second kappa shape index (κ2) is 19.1. The monoisotopic (exact) mass is 630 g/mol. The molecule has 0 bridgehead atoms. The molecule has 10 nitrogen and oxygen atoms in total. The van der Waals surface area contributed by atoms with Gasteiger partial charge in [-0.2, -0.15) is 0 Å². The average Bonchev–Trinajstić information content (AvgIpc) is 3.08. The Bertz CT molecular complexity index is 1460. The summed E-state index contributed by atoms with van der Waals surface area (Å²) in [6.07, 6.45) is 4.59. The maximum Gasteiger partial charge on any atom is 0.343 e. The van der Waals surface area contributed by atoms with Crippen molar-refractivity contribution in [3.63, 3.8) is 0 Å². The molecule has 0 aliphatic rings. The minimum atomic E-state index is -0.703. The first-order valence-corrected chi connectivity index (χ1v) is 14.8. The Labute approximate surface area is 268 Å². The number of methoxy groups -OCH3 is 1. The van der Waals surface area contributed by atoms with E-state index in [9.17, 15) is 19.2 Å². The van der Waals surface area contributed by atoms with E-state index in [4.69, 9.17) is 23.7 Å². The van der Waals surface area contributed by atoms with Crippen LogP contribution in [0.5, 0.6) is 17.2 Å². The van der Waals surface area contributed by atoms with Gasteiger partial charge in [-0.25, -0.2) is 14.4 Å². The third-order valence-corrected chi connectivity index (χ3v) is 6.52. The fourth-order valence-electron chi connectivity index (χ4n) is 4.01. The van der Waals surface area contributed by atoms with Gasteiger partial charge in [0.2, 0.25) is 0 Å². The molecule has 3 aromatic rings. The molecule has 0 aliphatic carbocycles. The van der Waals surface area contributed by atoms with Gasteiger partial charge in [-0.15, -0.1) is 0 Å². The number of benzene rings is 3. The lowest BCUT2D eigenvalue weighted by Crippen LogP contribution is -2.15. The molecular formula is C36H38O10. The van der Waals surface area contributed by atoms with Gasteiger partial charge in [0, 0.05) is 11.6 Å². The van der Waals surface area contributed by atoms with E-state index in [2.05, 4.69) is 17.9 Å². The van der Waals surface area contributed by atoms with Crippen LogP contribution in [0.15, 0.2) is 97.6 Å². The largest absolute Gasteiger partial charge is 0.494 e. The first-order chi connectivity index (χ1) is 22.3. The van der Waals surface area contributed by atoms with Gasteiger partial charge < -0.3 is 28.4 Å². The van der Waals surface area contributed by atoms with Crippen LogP contribution < -0.4 is 14.2 Å². The molecule has 0 spiro atoms. The smallest absolute Gasteiger partial charge is 0.343 e. The Hall–Kier alpha value is -5.38. The Balaban J connectivity index is 1.36. The quantitative estimate of drug-likeness (QED) is 0.0491. The van der Waals surface area contributed by atoms with Crippen molar-refractivity contribution in [1.29, 1.82) is 0 Å². The van der Waals surface area contributed by atoms with Gasteiger partial charge in [-0.1, -0.05) is 37.4 Å². The van der Waals surface area contributed by atoms with E-state index >= 15 is 0 Å². The van der Waals surface area contributed by atoms with Gasteiger partial charge in [0.15, 0.2) is 0 Å². The van der Waals surface area contributed by atoms with E-state index in [1.54, 1.807) is 36.4 Å². The predicted molar refractivity (Wildman–Crippen MR) is 171 cm³/mol. The topological polar surface area (TPSA) is 124 Å². The van der Waals surface area contributed by atoms with Gasteiger partial charge in [-0.05, 0) is 85.3 Å². The SMILES string of the molecule is C=CC(=O)OCCCCCCOc1ccc(-c2ccc(OC(=O)c3ccc(OCCOC(=O)C(=C)CC(=O)OC)cc3)cc2)cc1. The van der Waals surface area contributed by atoms with Crippen LogP contribution in [0.1, 0.15) is 42.5 Å². The first-order valence-electron chi connectivity index (χ1n) is 14.8. The van der Waals surface area contributed by atoms with Crippen LogP contribution in [0.25, 0.3) is 11.1 Å². The standard InChI is InChI=1S/C36H38O10/c1-4-33(37)44-22-8-6-5-7-21-42-30-15-9-27(10-16-30)28-11-19-32(20-12-28)46-36(40)29-13-17-31(18-14-29)43-23-24-45-35(39)26(2)25-34(38)41-3/h4,9-20H,1-2,5-8,21-25H2,3H3. The molecule has 0 unspecified atom stereocenters. The first kappa shape index (κ1) is 35.1. The van der Waals surface area contributed by atoms with Crippen LogP contribution in [0.4, 0.5) is 0 Å². The van der Waals surface area contributed by atoms with Crippen molar-refractivity contribution in [2.45, 2.75) is 32.1 Å². The Kier molecular flexibility index (Phi) is 14.6. The van der Waals surface area contributed by atoms with Gasteiger partial charge in [0.25, 0.3) is 0 Å². The Morgan fingerprint density at radius 3 is 1.78 bits per heavy atom. The fourth-order valence-corrected chi connectivity index (χ4v) is 4.01. The molecule has 0 amide bonds. The highest BCUT2D eigenvalue weighted by Crippen LogP contribution is 2.25. The third-order valence-electron chi connectivity index (χ3n) is 6.52. The molecule has 0 aromatic heterocycles. The summed E-state index contributed by atoms with van der Waals surface area (Å²) in [7, 11) is 1.22. The normalized spacial score (nSPS) is 10.3. The van der Waals surface area contributed by atoms with E-state index < -0.39 is 23.9 Å². The minimum absolute atomic E-state index is 0.00756. The number of carbonyl (C=O) groups is 4. The van der Waals surface area contributed by atoms with Crippen LogP contribution in [-0.4, -0.2) is 57.4 Å². The zero-order chi connectivity index (χ0) is 33.1. The van der Waals surface area contributed by atoms with Crippen LogP contribution >= 0.6 is 0 Å². The van der Waals surface area contributed by atoms with Crippen molar-refractivity contribution in [3.8, 4) is 28.4 Å². The van der Waals surface area contributed by atoms with Crippen molar-refractivity contribution in [2.75, 3.05) is 33.5 Å². The van der Waals surface area contributed by atoms with E-state index in [0.29, 0.717) is 30.3 Å². The van der Waals surface area contributed by atoms with Crippen molar-refractivity contribution in [1.82, 2.24) is 0 Å². The number of carbonyl (C=O) groups excluding carboxylic acids is 4. The predicted octanol–water partition coefficient (Wildman–Crippen LogP) is 6.28. The van der Waals surface area contributed by atoms with E-state index in [1.807, 2.05) is 36.4 Å². The Morgan fingerprint density at radius 2 is 1.20 bits per heavy atom. The van der Waals surface area contributed by atoms with Crippen molar-refractivity contribution >= 4 is 23.9 Å². The van der Waals surface area contributed by atoms with Crippen molar-refractivity contribution in [3.05, 3.63) is 103 Å². The molecule has 0 heterocycles. The van der Waals surface area contributed by atoms with E-state index in [1.165, 1.54) is 13.2 Å². The maximum absolute atomic E-state index is 12.6. The van der Waals surface area contributed by atoms with E-state index in [-0.39, 0.29) is 25.2 Å². The van der Waals surface area contributed by atoms with Crippen LogP contribution in [0.3, 0.4) is 0 Å². The van der Waals surface area contributed by atoms with Gasteiger partial charge >= 0.3 is 23.9 Å². The highest BCUT2D eigenvalue weighted by atomic mass is 16.6. The summed E-state index contributed by atoms with van der Waals surface area (Å²) in [5, 5.41) is 0. The summed E-state index contributed by atoms with van der Waals surface area (Å²) in [6.45, 7) is 7.92. The number of unbranched alkanes of at least 4 members (excludes halogenated alkanes) is 3. The summed E-state index contributed by atoms with van der Waals surface area (Å²) >= 11 is 0. The summed E-state index contributed by atoms with van der Waals surface area (Å²) < 4.78 is 31.3. The van der Waals surface area contributed by atoms with Crippen LogP contribution in [0.2, 0.25) is 0 Å². The highest BCUT2D eigenvalue weighted by molar-refractivity contribution is 5.93. The molecule has 46 heavy (non-hydrogen) atoms. The zero-order valence-corrected chi connectivity index (χ0v) is 25.9. The number of hydrogen-bond donors (Lipinski definition) is 0. The third kappa shape index (κ3) is 12.3. The number of ether oxygens (including phenoxy) is 6. The molecule has 0 radical (unpaired) electrons. The Morgan fingerprint density at radius 1 is 0.652 bits per heavy atom. The maximum atomic E-state index is 12.6. The summed E-state index contributed by atoms with van der Waals surface area (Å²) in [5.41, 5.74) is 2.29.